The number of nitrogens with zero attached hydrogens (tertiary/aromatic N) is 1. The second-order valence-corrected chi connectivity index (χ2v) is 6.41. The van der Waals surface area contributed by atoms with E-state index in [9.17, 15) is 0 Å². The van der Waals surface area contributed by atoms with Crippen LogP contribution in [0.1, 0.15) is 39.2 Å². The molecular weight excluding hydrogens is 441 g/mol. The van der Waals surface area contributed by atoms with Crippen molar-refractivity contribution in [2.24, 2.45) is 10.9 Å². The minimum absolute atomic E-state index is 0. The fourth-order valence-corrected chi connectivity index (χ4v) is 2.70. The van der Waals surface area contributed by atoms with Gasteiger partial charge in [0.05, 0.1) is 13.2 Å². The van der Waals surface area contributed by atoms with Crippen LogP contribution in [0.25, 0.3) is 0 Å². The number of halogens is 1. The van der Waals surface area contributed by atoms with E-state index in [2.05, 4.69) is 41.6 Å². The summed E-state index contributed by atoms with van der Waals surface area (Å²) in [7, 11) is 3.51. The van der Waals surface area contributed by atoms with Gasteiger partial charge in [-0.1, -0.05) is 26.0 Å². The van der Waals surface area contributed by atoms with Crippen molar-refractivity contribution in [1.82, 2.24) is 10.6 Å². The van der Waals surface area contributed by atoms with E-state index in [0.717, 1.165) is 50.7 Å². The summed E-state index contributed by atoms with van der Waals surface area (Å²) < 4.78 is 11.0. The highest BCUT2D eigenvalue weighted by molar-refractivity contribution is 14.0. The molecule has 0 bridgehead atoms. The summed E-state index contributed by atoms with van der Waals surface area (Å²) in [6.07, 6.45) is 3.34. The second kappa shape index (κ2) is 15.1. The summed E-state index contributed by atoms with van der Waals surface area (Å²) in [6, 6.07) is 8.23. The van der Waals surface area contributed by atoms with Gasteiger partial charge in [0.15, 0.2) is 5.96 Å². The van der Waals surface area contributed by atoms with Crippen LogP contribution in [0.3, 0.4) is 0 Å². The predicted octanol–water partition coefficient (Wildman–Crippen LogP) is 3.86. The highest BCUT2D eigenvalue weighted by Crippen LogP contribution is 2.13. The third-order valence-corrected chi connectivity index (χ3v) is 4.14. The lowest BCUT2D eigenvalue weighted by Crippen LogP contribution is -2.39. The Morgan fingerprint density at radius 1 is 1.19 bits per heavy atom. The first kappa shape index (κ1) is 25.0. The molecule has 0 aliphatic heterocycles. The van der Waals surface area contributed by atoms with Crippen molar-refractivity contribution in [3.8, 4) is 5.75 Å². The number of hydrogen-bond acceptors (Lipinski definition) is 3. The number of hydrogen-bond donors (Lipinski definition) is 2. The smallest absolute Gasteiger partial charge is 0.190 e. The standard InChI is InChI=1S/C20H35N3O2.HI/c1-6-25-19(16(2)3)12-14-23-20(21-4)22-13-8-10-17-9-7-11-18(15-17)24-5;/h7,9,11,15-16,19H,6,8,10,12-14H2,1-5H3,(H2,21,22,23);1H. The molecule has 6 heteroatoms. The van der Waals surface area contributed by atoms with Crippen molar-refractivity contribution >= 4 is 29.9 Å². The van der Waals surface area contributed by atoms with Gasteiger partial charge in [0.25, 0.3) is 0 Å². The SMILES string of the molecule is CCOC(CCNC(=NC)NCCCc1cccc(OC)c1)C(C)C.I. The number of aliphatic imine (C=N–C) groups is 1. The van der Waals surface area contributed by atoms with E-state index >= 15 is 0 Å². The molecule has 2 N–H and O–H groups in total. The molecule has 1 rings (SSSR count). The van der Waals surface area contributed by atoms with Gasteiger partial charge in [0.2, 0.25) is 0 Å². The minimum Gasteiger partial charge on any atom is -0.497 e. The summed E-state index contributed by atoms with van der Waals surface area (Å²) >= 11 is 0. The fourth-order valence-electron chi connectivity index (χ4n) is 2.70. The summed E-state index contributed by atoms with van der Waals surface area (Å²) in [5.41, 5.74) is 1.29. The van der Waals surface area contributed by atoms with Gasteiger partial charge in [-0.3, -0.25) is 4.99 Å². The molecule has 5 nitrogen and oxygen atoms in total. The molecule has 0 spiro atoms. The monoisotopic (exact) mass is 477 g/mol. The third-order valence-electron chi connectivity index (χ3n) is 4.14. The molecule has 1 aromatic rings. The van der Waals surface area contributed by atoms with Crippen molar-refractivity contribution in [3.05, 3.63) is 29.8 Å². The number of methoxy groups -OCH3 is 1. The highest BCUT2D eigenvalue weighted by atomic mass is 127. The molecule has 150 valence electrons. The lowest BCUT2D eigenvalue weighted by atomic mass is 10.0. The zero-order chi connectivity index (χ0) is 18.5. The number of guanidine groups is 1. The normalized spacial score (nSPS) is 12.5. The summed E-state index contributed by atoms with van der Waals surface area (Å²) in [5, 5.41) is 6.74. The lowest BCUT2D eigenvalue weighted by Gasteiger charge is -2.21. The Morgan fingerprint density at radius 3 is 2.54 bits per heavy atom. The number of nitrogens with one attached hydrogen (secondary N) is 2. The Hall–Kier alpha value is -1.02. The van der Waals surface area contributed by atoms with Crippen LogP contribution in [0.15, 0.2) is 29.3 Å². The maximum Gasteiger partial charge on any atom is 0.190 e. The molecule has 0 aliphatic carbocycles. The Kier molecular flexibility index (Phi) is 14.5. The average molecular weight is 477 g/mol. The number of ether oxygens (including phenoxy) is 2. The first-order chi connectivity index (χ1) is 12.1. The molecule has 0 fully saturated rings. The van der Waals surface area contributed by atoms with E-state index in [1.807, 2.05) is 19.1 Å². The predicted molar refractivity (Wildman–Crippen MR) is 121 cm³/mol. The van der Waals surface area contributed by atoms with Crippen molar-refractivity contribution in [2.45, 2.75) is 46.1 Å². The molecule has 1 atom stereocenters. The molecule has 1 unspecified atom stereocenters. The van der Waals surface area contributed by atoms with E-state index in [1.54, 1.807) is 14.2 Å². The van der Waals surface area contributed by atoms with E-state index < -0.39 is 0 Å². The number of rotatable bonds is 11. The molecule has 0 aromatic heterocycles. The molecule has 0 saturated heterocycles. The zero-order valence-corrected chi connectivity index (χ0v) is 19.2. The zero-order valence-electron chi connectivity index (χ0n) is 16.9. The first-order valence-corrected chi connectivity index (χ1v) is 9.29. The van der Waals surface area contributed by atoms with Crippen molar-refractivity contribution in [1.29, 1.82) is 0 Å². The Balaban J connectivity index is 0.00000625. The van der Waals surface area contributed by atoms with E-state index in [4.69, 9.17) is 9.47 Å². The maximum absolute atomic E-state index is 5.77. The van der Waals surface area contributed by atoms with Crippen molar-refractivity contribution < 1.29 is 9.47 Å². The fraction of sp³-hybridized carbons (Fsp3) is 0.650. The van der Waals surface area contributed by atoms with Gasteiger partial charge in [-0.05, 0) is 49.8 Å². The van der Waals surface area contributed by atoms with Gasteiger partial charge in [0.1, 0.15) is 5.75 Å². The van der Waals surface area contributed by atoms with Crippen LogP contribution in [0, 0.1) is 5.92 Å². The van der Waals surface area contributed by atoms with Crippen LogP contribution in [0.2, 0.25) is 0 Å². The molecule has 1 aromatic carbocycles. The molecule has 0 radical (unpaired) electrons. The van der Waals surface area contributed by atoms with Crippen LogP contribution in [0.4, 0.5) is 0 Å². The van der Waals surface area contributed by atoms with E-state index in [-0.39, 0.29) is 24.0 Å². The van der Waals surface area contributed by atoms with Gasteiger partial charge in [-0.2, -0.15) is 0 Å². The Morgan fingerprint density at radius 2 is 1.92 bits per heavy atom. The third kappa shape index (κ3) is 10.2. The van der Waals surface area contributed by atoms with Gasteiger partial charge in [-0.15, -0.1) is 24.0 Å². The Bertz CT molecular complexity index is 510. The largest absolute Gasteiger partial charge is 0.497 e. The molecule has 0 aliphatic rings. The summed E-state index contributed by atoms with van der Waals surface area (Å²) in [4.78, 5) is 4.28. The van der Waals surface area contributed by atoms with Crippen molar-refractivity contribution in [3.63, 3.8) is 0 Å². The molecular formula is C20H36IN3O2. The topological polar surface area (TPSA) is 54.9 Å². The van der Waals surface area contributed by atoms with Crippen LogP contribution in [0.5, 0.6) is 5.75 Å². The lowest BCUT2D eigenvalue weighted by molar-refractivity contribution is 0.0258. The maximum atomic E-state index is 5.77. The van der Waals surface area contributed by atoms with Gasteiger partial charge in [-0.25, -0.2) is 0 Å². The second-order valence-electron chi connectivity index (χ2n) is 6.41. The quantitative estimate of drug-likeness (QED) is 0.220. The molecule has 0 heterocycles. The van der Waals surface area contributed by atoms with E-state index in [1.165, 1.54) is 5.56 Å². The molecule has 0 amide bonds. The summed E-state index contributed by atoms with van der Waals surface area (Å²) in [5.74, 6) is 2.29. The van der Waals surface area contributed by atoms with Crippen LogP contribution in [-0.4, -0.2) is 45.9 Å². The van der Waals surface area contributed by atoms with E-state index in [0.29, 0.717) is 12.0 Å². The first-order valence-electron chi connectivity index (χ1n) is 9.29. The summed E-state index contributed by atoms with van der Waals surface area (Å²) in [6.45, 7) is 8.96. The average Bonchev–Trinajstić information content (AvgIpc) is 2.62. The van der Waals surface area contributed by atoms with Crippen LogP contribution in [-0.2, 0) is 11.2 Å². The molecule has 26 heavy (non-hydrogen) atoms. The van der Waals surface area contributed by atoms with Gasteiger partial charge in [0, 0.05) is 26.7 Å². The highest BCUT2D eigenvalue weighted by Gasteiger charge is 2.12. The number of benzene rings is 1. The van der Waals surface area contributed by atoms with Gasteiger partial charge >= 0.3 is 0 Å². The number of aryl methyl sites for hydroxylation is 1. The van der Waals surface area contributed by atoms with Gasteiger partial charge < -0.3 is 20.1 Å². The van der Waals surface area contributed by atoms with Crippen molar-refractivity contribution in [2.75, 3.05) is 33.9 Å². The minimum atomic E-state index is 0. The van der Waals surface area contributed by atoms with Crippen LogP contribution < -0.4 is 15.4 Å². The van der Waals surface area contributed by atoms with Crippen LogP contribution >= 0.6 is 24.0 Å². The Labute approximate surface area is 176 Å². The molecule has 0 saturated carbocycles.